The molecule has 0 unspecified atom stereocenters. The lowest BCUT2D eigenvalue weighted by molar-refractivity contribution is -0.155. The number of nitrogens with zero attached hydrogens (tertiary/aromatic N) is 4. The molecule has 2 heterocycles. The van der Waals surface area contributed by atoms with Crippen molar-refractivity contribution in [3.8, 4) is 0 Å². The molecule has 0 fully saturated rings. The Morgan fingerprint density at radius 2 is 1.76 bits per heavy atom. The molecule has 1 aromatic carbocycles. The molecule has 1 atom stereocenters. The highest BCUT2D eigenvalue weighted by Gasteiger charge is 2.27. The smallest absolute Gasteiger partial charge is 0.329 e. The summed E-state index contributed by atoms with van der Waals surface area (Å²) in [6.07, 6.45) is 4.68. The van der Waals surface area contributed by atoms with Crippen molar-refractivity contribution in [2.45, 2.75) is 66.0 Å². The van der Waals surface area contributed by atoms with Gasteiger partial charge in [-0.25, -0.2) is 14.8 Å². The van der Waals surface area contributed by atoms with E-state index in [0.29, 0.717) is 29.7 Å². The molecule has 0 amide bonds. The number of hydrogen-bond acceptors (Lipinski definition) is 9. The minimum absolute atomic E-state index is 0.332. The van der Waals surface area contributed by atoms with Gasteiger partial charge in [-0.1, -0.05) is 19.1 Å². The van der Waals surface area contributed by atoms with E-state index < -0.39 is 11.6 Å². The van der Waals surface area contributed by atoms with Crippen LogP contribution in [0.25, 0.3) is 0 Å². The SMILES string of the molecule is CCc1cnc(N(CC)CC)nc1N[C@@H](Cc1ccc(Nc2ncccc2N)cc1)C(=O)OC(C)(C)C. The summed E-state index contributed by atoms with van der Waals surface area (Å²) < 4.78 is 5.76. The highest BCUT2D eigenvalue weighted by atomic mass is 16.6. The molecule has 3 rings (SSSR count). The third kappa shape index (κ3) is 7.80. The third-order valence-corrected chi connectivity index (χ3v) is 5.78. The van der Waals surface area contributed by atoms with Crippen molar-refractivity contribution < 1.29 is 9.53 Å². The van der Waals surface area contributed by atoms with Gasteiger partial charge in [0, 0.05) is 43.2 Å². The van der Waals surface area contributed by atoms with Crippen LogP contribution in [0.4, 0.5) is 29.0 Å². The van der Waals surface area contributed by atoms with Crippen molar-refractivity contribution in [2.24, 2.45) is 0 Å². The summed E-state index contributed by atoms with van der Waals surface area (Å²) in [5.74, 6) is 1.56. The van der Waals surface area contributed by atoms with Crippen LogP contribution >= 0.6 is 0 Å². The van der Waals surface area contributed by atoms with Gasteiger partial charge in [-0.3, -0.25) is 0 Å². The summed E-state index contributed by atoms with van der Waals surface area (Å²) >= 11 is 0. The zero-order valence-corrected chi connectivity index (χ0v) is 22.7. The second-order valence-corrected chi connectivity index (χ2v) is 9.77. The van der Waals surface area contributed by atoms with E-state index in [-0.39, 0.29) is 5.97 Å². The van der Waals surface area contributed by atoms with Crippen molar-refractivity contribution in [1.29, 1.82) is 0 Å². The molecule has 0 aliphatic heterocycles. The lowest BCUT2D eigenvalue weighted by Crippen LogP contribution is -2.38. The van der Waals surface area contributed by atoms with Crippen LogP contribution in [-0.2, 0) is 22.4 Å². The van der Waals surface area contributed by atoms with Crippen molar-refractivity contribution in [3.05, 3.63) is 59.9 Å². The Morgan fingerprint density at radius 1 is 1.05 bits per heavy atom. The van der Waals surface area contributed by atoms with Gasteiger partial charge in [0.15, 0.2) is 5.82 Å². The number of aromatic nitrogens is 3. The summed E-state index contributed by atoms with van der Waals surface area (Å²) in [6.45, 7) is 13.4. The molecule has 37 heavy (non-hydrogen) atoms. The molecule has 0 radical (unpaired) electrons. The monoisotopic (exact) mass is 505 g/mol. The van der Waals surface area contributed by atoms with Gasteiger partial charge in [-0.2, -0.15) is 4.98 Å². The summed E-state index contributed by atoms with van der Waals surface area (Å²) in [5, 5.41) is 6.60. The number of nitrogens with two attached hydrogens (primary N) is 1. The predicted octanol–water partition coefficient (Wildman–Crippen LogP) is 4.97. The first-order valence-corrected chi connectivity index (χ1v) is 12.8. The number of nitrogen functional groups attached to an aromatic ring is 1. The standard InChI is InChI=1S/C28H39N7O2/c1-7-20-18-31-27(35(8-2)9-3)34-24(20)33-23(26(36)37-28(4,5)6)17-19-12-14-21(15-13-19)32-25-22(29)11-10-16-30-25/h10-16,18,23H,7-9,17,29H2,1-6H3,(H,30,32)(H,31,33,34)/t23-/m0/s1. The molecule has 198 valence electrons. The first-order chi connectivity index (χ1) is 17.6. The van der Waals surface area contributed by atoms with E-state index in [1.807, 2.05) is 58.2 Å². The summed E-state index contributed by atoms with van der Waals surface area (Å²) in [7, 11) is 0. The largest absolute Gasteiger partial charge is 0.458 e. The number of esters is 1. The molecule has 0 bridgehead atoms. The van der Waals surface area contributed by atoms with E-state index in [1.165, 1.54) is 0 Å². The zero-order valence-electron chi connectivity index (χ0n) is 22.7. The number of anilines is 5. The number of carbonyl (C=O) groups is 1. The fraction of sp³-hybridized carbons (Fsp3) is 0.429. The van der Waals surface area contributed by atoms with Crippen LogP contribution in [0.1, 0.15) is 52.7 Å². The van der Waals surface area contributed by atoms with Gasteiger partial charge in [0.05, 0.1) is 5.69 Å². The summed E-state index contributed by atoms with van der Waals surface area (Å²) in [5.41, 5.74) is 8.72. The molecular formula is C28H39N7O2. The van der Waals surface area contributed by atoms with Gasteiger partial charge in [0.1, 0.15) is 17.5 Å². The molecule has 9 heteroatoms. The molecule has 0 saturated carbocycles. The third-order valence-electron chi connectivity index (χ3n) is 5.78. The highest BCUT2D eigenvalue weighted by molar-refractivity contribution is 5.80. The maximum atomic E-state index is 13.3. The average molecular weight is 506 g/mol. The number of benzene rings is 1. The second kappa shape index (κ2) is 12.4. The van der Waals surface area contributed by atoms with Crippen LogP contribution in [0.2, 0.25) is 0 Å². The van der Waals surface area contributed by atoms with Gasteiger partial charge in [0.2, 0.25) is 5.95 Å². The number of ether oxygens (including phenoxy) is 1. The topological polar surface area (TPSA) is 118 Å². The Hall–Kier alpha value is -3.88. The Labute approximate surface area is 219 Å². The number of rotatable bonds is 11. The number of carbonyl (C=O) groups excluding carboxylic acids is 1. The molecule has 0 aliphatic carbocycles. The van der Waals surface area contributed by atoms with E-state index in [2.05, 4.69) is 39.3 Å². The Bertz CT molecular complexity index is 1170. The van der Waals surface area contributed by atoms with Crippen LogP contribution in [0, 0.1) is 0 Å². The molecule has 0 aliphatic rings. The molecule has 0 saturated heterocycles. The minimum atomic E-state index is -0.630. The highest BCUT2D eigenvalue weighted by Crippen LogP contribution is 2.23. The number of aryl methyl sites for hydroxylation is 1. The molecular weight excluding hydrogens is 466 g/mol. The van der Waals surface area contributed by atoms with E-state index in [9.17, 15) is 4.79 Å². The van der Waals surface area contributed by atoms with Crippen LogP contribution in [0.15, 0.2) is 48.8 Å². The Morgan fingerprint density at radius 3 is 2.35 bits per heavy atom. The fourth-order valence-corrected chi connectivity index (χ4v) is 3.79. The van der Waals surface area contributed by atoms with E-state index >= 15 is 0 Å². The van der Waals surface area contributed by atoms with Crippen LogP contribution in [0.3, 0.4) is 0 Å². The maximum absolute atomic E-state index is 13.3. The first-order valence-electron chi connectivity index (χ1n) is 12.8. The normalized spacial score (nSPS) is 12.1. The lowest BCUT2D eigenvalue weighted by atomic mass is 10.0. The molecule has 2 aromatic heterocycles. The van der Waals surface area contributed by atoms with E-state index in [0.717, 1.165) is 36.3 Å². The van der Waals surface area contributed by atoms with Crippen LogP contribution in [-0.4, -0.2) is 45.7 Å². The van der Waals surface area contributed by atoms with Gasteiger partial charge in [-0.05, 0) is 70.9 Å². The van der Waals surface area contributed by atoms with E-state index in [4.69, 9.17) is 15.5 Å². The predicted molar refractivity (Wildman–Crippen MR) is 150 cm³/mol. The zero-order chi connectivity index (χ0) is 27.0. The van der Waals surface area contributed by atoms with E-state index in [1.54, 1.807) is 18.3 Å². The average Bonchev–Trinajstić information content (AvgIpc) is 2.86. The Kier molecular flexibility index (Phi) is 9.27. The fourth-order valence-electron chi connectivity index (χ4n) is 3.79. The van der Waals surface area contributed by atoms with Crippen molar-refractivity contribution in [3.63, 3.8) is 0 Å². The first kappa shape index (κ1) is 27.7. The van der Waals surface area contributed by atoms with Gasteiger partial charge in [0.25, 0.3) is 0 Å². The summed E-state index contributed by atoms with van der Waals surface area (Å²) in [4.78, 5) is 28.9. The summed E-state index contributed by atoms with van der Waals surface area (Å²) in [6, 6.07) is 10.8. The van der Waals surface area contributed by atoms with Crippen molar-refractivity contribution in [2.75, 3.05) is 34.4 Å². The molecule has 9 nitrogen and oxygen atoms in total. The number of hydrogen-bond donors (Lipinski definition) is 3. The second-order valence-electron chi connectivity index (χ2n) is 9.77. The number of nitrogens with one attached hydrogen (secondary N) is 2. The molecule has 4 N–H and O–H groups in total. The van der Waals surface area contributed by atoms with Gasteiger partial charge in [-0.15, -0.1) is 0 Å². The lowest BCUT2D eigenvalue weighted by Gasteiger charge is -2.26. The maximum Gasteiger partial charge on any atom is 0.329 e. The van der Waals surface area contributed by atoms with Crippen LogP contribution < -0.4 is 21.3 Å². The minimum Gasteiger partial charge on any atom is -0.458 e. The van der Waals surface area contributed by atoms with Gasteiger partial charge < -0.3 is 26.0 Å². The van der Waals surface area contributed by atoms with Crippen molar-refractivity contribution >= 4 is 34.9 Å². The Balaban J connectivity index is 1.85. The quantitative estimate of drug-likeness (QED) is 0.310. The van der Waals surface area contributed by atoms with Gasteiger partial charge >= 0.3 is 5.97 Å². The van der Waals surface area contributed by atoms with Crippen LogP contribution in [0.5, 0.6) is 0 Å². The molecule has 0 spiro atoms. The number of pyridine rings is 1. The van der Waals surface area contributed by atoms with Crippen molar-refractivity contribution in [1.82, 2.24) is 15.0 Å². The molecule has 3 aromatic rings.